The number of sulfonamides is 1. The fourth-order valence-electron chi connectivity index (χ4n) is 2.32. The van der Waals surface area contributed by atoms with Gasteiger partial charge in [-0.05, 0) is 30.5 Å². The molecule has 3 N–H and O–H groups in total. The molecular weight excluding hydrogens is 477 g/mol. The minimum absolute atomic E-state index is 0. The Morgan fingerprint density at radius 1 is 1.04 bits per heavy atom. The van der Waals surface area contributed by atoms with Gasteiger partial charge in [-0.3, -0.25) is 9.98 Å². The van der Waals surface area contributed by atoms with Crippen molar-refractivity contribution in [2.75, 3.05) is 26.7 Å². The van der Waals surface area contributed by atoms with Crippen LogP contribution in [-0.2, 0) is 16.4 Å². The molecule has 0 fully saturated rings. The lowest BCUT2D eigenvalue weighted by atomic mass is 10.1. The number of guanidine groups is 1. The molecule has 2 aromatic rings. The maximum absolute atomic E-state index is 12.1. The first-order valence-corrected chi connectivity index (χ1v) is 9.98. The van der Waals surface area contributed by atoms with E-state index in [1.54, 1.807) is 13.1 Å². The fraction of sp³-hybridized carbons (Fsp3) is 0.333. The summed E-state index contributed by atoms with van der Waals surface area (Å²) in [6.45, 7) is 1.47. The first kappa shape index (κ1) is 23.3. The van der Waals surface area contributed by atoms with Crippen LogP contribution in [0.3, 0.4) is 0 Å². The van der Waals surface area contributed by atoms with Crippen LogP contribution in [0.25, 0.3) is 0 Å². The van der Waals surface area contributed by atoms with Crippen molar-refractivity contribution < 1.29 is 8.42 Å². The third-order valence-electron chi connectivity index (χ3n) is 3.66. The molecule has 0 amide bonds. The number of hydrogen-bond acceptors (Lipinski definition) is 4. The Kier molecular flexibility index (Phi) is 10.9. The van der Waals surface area contributed by atoms with Gasteiger partial charge in [0.1, 0.15) is 4.90 Å². The lowest BCUT2D eigenvalue weighted by molar-refractivity contribution is 0.580. The molecule has 1 aromatic carbocycles. The molecular formula is C18H26IN5O2S. The molecule has 0 atom stereocenters. The molecule has 0 radical (unpaired) electrons. The molecule has 0 aliphatic heterocycles. The van der Waals surface area contributed by atoms with Gasteiger partial charge < -0.3 is 10.6 Å². The fourth-order valence-corrected chi connectivity index (χ4v) is 3.32. The van der Waals surface area contributed by atoms with Crippen molar-refractivity contribution in [3.8, 4) is 0 Å². The molecule has 0 aliphatic carbocycles. The van der Waals surface area contributed by atoms with Gasteiger partial charge in [-0.2, -0.15) is 0 Å². The van der Waals surface area contributed by atoms with Crippen molar-refractivity contribution in [2.45, 2.75) is 17.7 Å². The average molecular weight is 503 g/mol. The highest BCUT2D eigenvalue weighted by molar-refractivity contribution is 14.0. The van der Waals surface area contributed by atoms with E-state index in [0.29, 0.717) is 12.5 Å². The van der Waals surface area contributed by atoms with E-state index in [-0.39, 0.29) is 35.4 Å². The van der Waals surface area contributed by atoms with E-state index in [9.17, 15) is 8.42 Å². The summed E-state index contributed by atoms with van der Waals surface area (Å²) in [5.41, 5.74) is 1.31. The Bertz CT molecular complexity index is 786. The third-order valence-corrected chi connectivity index (χ3v) is 5.10. The summed E-state index contributed by atoms with van der Waals surface area (Å²) in [5, 5.41) is 6.31. The van der Waals surface area contributed by atoms with Crippen LogP contribution in [0, 0.1) is 0 Å². The quantitative estimate of drug-likeness (QED) is 0.210. The lowest BCUT2D eigenvalue weighted by Gasteiger charge is -2.12. The molecule has 7 nitrogen and oxygen atoms in total. The van der Waals surface area contributed by atoms with Gasteiger partial charge in [-0.25, -0.2) is 13.1 Å². The highest BCUT2D eigenvalue weighted by Crippen LogP contribution is 2.04. The predicted octanol–water partition coefficient (Wildman–Crippen LogP) is 1.78. The number of aryl methyl sites for hydroxylation is 1. The lowest BCUT2D eigenvalue weighted by Crippen LogP contribution is -2.41. The van der Waals surface area contributed by atoms with Crippen molar-refractivity contribution in [3.63, 3.8) is 0 Å². The van der Waals surface area contributed by atoms with Crippen molar-refractivity contribution in [2.24, 2.45) is 4.99 Å². The Labute approximate surface area is 178 Å². The van der Waals surface area contributed by atoms with Crippen LogP contribution in [0.5, 0.6) is 0 Å². The van der Waals surface area contributed by atoms with Crippen LogP contribution in [0.2, 0.25) is 0 Å². The molecule has 0 spiro atoms. The second kappa shape index (κ2) is 12.6. The van der Waals surface area contributed by atoms with Gasteiger partial charge in [0.05, 0.1) is 0 Å². The van der Waals surface area contributed by atoms with Gasteiger partial charge >= 0.3 is 0 Å². The Morgan fingerprint density at radius 2 is 1.78 bits per heavy atom. The van der Waals surface area contributed by atoms with E-state index < -0.39 is 10.0 Å². The molecule has 0 saturated heterocycles. The van der Waals surface area contributed by atoms with E-state index in [4.69, 9.17) is 0 Å². The molecule has 0 unspecified atom stereocenters. The standard InChI is InChI=1S/C18H25N5O2S.HI/c1-19-18(21-12-5-9-16-7-3-2-4-8-16)22-13-14-23-26(24,25)17-10-6-11-20-15-17;/h2-4,6-8,10-11,15,23H,5,9,12-14H2,1H3,(H2,19,21,22);1H. The normalized spacial score (nSPS) is 11.5. The van der Waals surface area contributed by atoms with E-state index in [0.717, 1.165) is 19.4 Å². The van der Waals surface area contributed by atoms with Crippen LogP contribution in [0.1, 0.15) is 12.0 Å². The maximum atomic E-state index is 12.1. The number of aromatic nitrogens is 1. The molecule has 148 valence electrons. The Hall–Kier alpha value is -1.72. The summed E-state index contributed by atoms with van der Waals surface area (Å²) < 4.78 is 26.7. The first-order valence-electron chi connectivity index (χ1n) is 8.50. The maximum Gasteiger partial charge on any atom is 0.242 e. The summed E-state index contributed by atoms with van der Waals surface area (Å²) in [7, 11) is -1.84. The molecule has 1 aromatic heterocycles. The molecule has 0 saturated carbocycles. The minimum Gasteiger partial charge on any atom is -0.356 e. The van der Waals surface area contributed by atoms with Crippen LogP contribution in [-0.4, -0.2) is 46.0 Å². The second-order valence-corrected chi connectivity index (χ2v) is 7.37. The SMILES string of the molecule is CN=C(NCCCc1ccccc1)NCCNS(=O)(=O)c1cccnc1.I. The van der Waals surface area contributed by atoms with Gasteiger partial charge in [-0.1, -0.05) is 30.3 Å². The molecule has 2 rings (SSSR count). The van der Waals surface area contributed by atoms with Gasteiger partial charge in [-0.15, -0.1) is 24.0 Å². The zero-order valence-corrected chi connectivity index (χ0v) is 18.4. The number of nitrogens with zero attached hydrogens (tertiary/aromatic N) is 2. The van der Waals surface area contributed by atoms with Crippen molar-refractivity contribution >= 4 is 40.0 Å². The second-order valence-electron chi connectivity index (χ2n) is 5.60. The molecule has 9 heteroatoms. The summed E-state index contributed by atoms with van der Waals surface area (Å²) in [6.07, 6.45) is 4.84. The largest absolute Gasteiger partial charge is 0.356 e. The summed E-state index contributed by atoms with van der Waals surface area (Å²) in [5.74, 6) is 0.652. The summed E-state index contributed by atoms with van der Waals surface area (Å²) in [4.78, 5) is 8.11. The van der Waals surface area contributed by atoms with Gasteiger partial charge in [0, 0.05) is 39.1 Å². The third kappa shape index (κ3) is 8.67. The number of rotatable bonds is 9. The number of aliphatic imine (C=N–C) groups is 1. The van der Waals surface area contributed by atoms with E-state index in [1.807, 2.05) is 18.2 Å². The van der Waals surface area contributed by atoms with Crippen molar-refractivity contribution in [1.82, 2.24) is 20.3 Å². The van der Waals surface area contributed by atoms with E-state index >= 15 is 0 Å². The summed E-state index contributed by atoms with van der Waals surface area (Å²) in [6, 6.07) is 13.4. The smallest absolute Gasteiger partial charge is 0.242 e. The van der Waals surface area contributed by atoms with Crippen LogP contribution >= 0.6 is 24.0 Å². The Morgan fingerprint density at radius 3 is 2.44 bits per heavy atom. The highest BCUT2D eigenvalue weighted by atomic mass is 127. The van der Waals surface area contributed by atoms with E-state index in [1.165, 1.54) is 24.0 Å². The van der Waals surface area contributed by atoms with Gasteiger partial charge in [0.15, 0.2) is 5.96 Å². The average Bonchev–Trinajstić information content (AvgIpc) is 2.68. The van der Waals surface area contributed by atoms with Crippen LogP contribution in [0.15, 0.2) is 64.7 Å². The van der Waals surface area contributed by atoms with Crippen molar-refractivity contribution in [1.29, 1.82) is 0 Å². The molecule has 1 heterocycles. The Balaban J connectivity index is 0.00000364. The first-order chi connectivity index (χ1) is 12.6. The monoisotopic (exact) mass is 503 g/mol. The minimum atomic E-state index is -3.53. The molecule has 27 heavy (non-hydrogen) atoms. The van der Waals surface area contributed by atoms with Crippen molar-refractivity contribution in [3.05, 3.63) is 60.4 Å². The number of nitrogens with one attached hydrogen (secondary N) is 3. The number of benzene rings is 1. The van der Waals surface area contributed by atoms with Gasteiger partial charge in [0.2, 0.25) is 10.0 Å². The van der Waals surface area contributed by atoms with E-state index in [2.05, 4.69) is 37.5 Å². The van der Waals surface area contributed by atoms with Gasteiger partial charge in [0.25, 0.3) is 0 Å². The zero-order valence-electron chi connectivity index (χ0n) is 15.3. The van der Waals surface area contributed by atoms with Crippen LogP contribution in [0.4, 0.5) is 0 Å². The predicted molar refractivity (Wildman–Crippen MR) is 119 cm³/mol. The number of pyridine rings is 1. The molecule has 0 aliphatic rings. The summed E-state index contributed by atoms with van der Waals surface area (Å²) >= 11 is 0. The molecule has 0 bridgehead atoms. The highest BCUT2D eigenvalue weighted by Gasteiger charge is 2.12. The van der Waals surface area contributed by atoms with Crippen LogP contribution < -0.4 is 15.4 Å². The number of halogens is 1. The number of hydrogen-bond donors (Lipinski definition) is 3. The topological polar surface area (TPSA) is 95.5 Å². The zero-order chi connectivity index (χ0) is 18.7.